The van der Waals surface area contributed by atoms with Crippen LogP contribution in [0, 0.1) is 29.6 Å². The van der Waals surface area contributed by atoms with Gasteiger partial charge in [-0.15, -0.1) is 0 Å². The van der Waals surface area contributed by atoms with Crippen molar-refractivity contribution in [3.8, 4) is 0 Å². The number of carbonyl (C=O) groups is 2. The van der Waals surface area contributed by atoms with Gasteiger partial charge >= 0.3 is 5.97 Å². The van der Waals surface area contributed by atoms with E-state index in [1.807, 2.05) is 36.4 Å². The molecular formula is C32H50O4Si. The Morgan fingerprint density at radius 2 is 1.59 bits per heavy atom. The third-order valence-electron chi connectivity index (χ3n) is 9.39. The van der Waals surface area contributed by atoms with Crippen molar-refractivity contribution < 1.29 is 18.8 Å². The summed E-state index contributed by atoms with van der Waals surface area (Å²) in [6, 6.07) is 9.75. The lowest BCUT2D eigenvalue weighted by Crippen LogP contribution is -2.51. The Kier molecular flexibility index (Phi) is 10.8. The lowest BCUT2D eigenvalue weighted by atomic mass is 9.57. The molecule has 0 spiro atoms. The summed E-state index contributed by atoms with van der Waals surface area (Å²) in [6.45, 7) is 16.6. The predicted molar refractivity (Wildman–Crippen MR) is 154 cm³/mol. The summed E-state index contributed by atoms with van der Waals surface area (Å²) in [5, 5.41) is 0. The normalized spacial score (nSPS) is 26.6. The van der Waals surface area contributed by atoms with Gasteiger partial charge in [-0.3, -0.25) is 4.79 Å². The van der Waals surface area contributed by atoms with Gasteiger partial charge in [0.25, 0.3) is 0 Å². The minimum Gasteiger partial charge on any atom is -0.458 e. The molecule has 2 saturated carbocycles. The summed E-state index contributed by atoms with van der Waals surface area (Å²) < 4.78 is 12.6. The minimum absolute atomic E-state index is 0.0719. The van der Waals surface area contributed by atoms with Crippen molar-refractivity contribution in [3.63, 3.8) is 0 Å². The molecule has 0 amide bonds. The molecule has 3 rings (SSSR count). The van der Waals surface area contributed by atoms with Crippen molar-refractivity contribution in [2.75, 3.05) is 6.61 Å². The highest BCUT2D eigenvalue weighted by molar-refractivity contribution is 6.77. The van der Waals surface area contributed by atoms with Gasteiger partial charge < -0.3 is 9.16 Å². The largest absolute Gasteiger partial charge is 0.458 e. The average molecular weight is 527 g/mol. The predicted octanol–water partition coefficient (Wildman–Crippen LogP) is 8.13. The van der Waals surface area contributed by atoms with Crippen LogP contribution in [0.3, 0.4) is 0 Å². The Hall–Kier alpha value is -1.72. The van der Waals surface area contributed by atoms with E-state index < -0.39 is 8.32 Å². The number of hydrogen-bond donors (Lipinski definition) is 0. The fourth-order valence-corrected chi connectivity index (χ4v) is 13.4. The van der Waals surface area contributed by atoms with E-state index in [0.717, 1.165) is 18.4 Å². The van der Waals surface area contributed by atoms with Crippen LogP contribution in [0.2, 0.25) is 16.6 Å². The number of carbonyl (C=O) groups excluding carboxylic acids is 2. The molecule has 0 unspecified atom stereocenters. The van der Waals surface area contributed by atoms with E-state index in [9.17, 15) is 9.59 Å². The number of hydrogen-bond acceptors (Lipinski definition) is 4. The Balaban J connectivity index is 1.81. The Bertz CT molecular complexity index is 885. The number of rotatable bonds is 11. The van der Waals surface area contributed by atoms with Gasteiger partial charge in [-0.25, -0.2) is 4.79 Å². The summed E-state index contributed by atoms with van der Waals surface area (Å²) in [4.78, 5) is 25.8. The SMILES string of the molecule is CC(=O)[C@@H]1[C@H](CO[Si](C(C)C)(C(C)C)C(C)C)C[C@@H]2CCCC[C@H]2[C@@H]1/C=C/C(=O)OCc1ccccc1. The zero-order valence-corrected chi connectivity index (χ0v) is 25.2. The molecule has 0 saturated heterocycles. The summed E-state index contributed by atoms with van der Waals surface area (Å²) in [5.74, 6) is 1.13. The van der Waals surface area contributed by atoms with Crippen LogP contribution in [-0.2, 0) is 25.4 Å². The van der Waals surface area contributed by atoms with Gasteiger partial charge in [-0.2, -0.15) is 0 Å². The van der Waals surface area contributed by atoms with E-state index >= 15 is 0 Å². The van der Waals surface area contributed by atoms with Crippen molar-refractivity contribution in [1.29, 1.82) is 0 Å². The monoisotopic (exact) mass is 526 g/mol. The summed E-state index contributed by atoms with van der Waals surface area (Å²) in [7, 11) is -2.02. The maximum Gasteiger partial charge on any atom is 0.330 e. The smallest absolute Gasteiger partial charge is 0.330 e. The molecule has 0 N–H and O–H groups in total. The maximum atomic E-state index is 13.2. The molecule has 0 heterocycles. The van der Waals surface area contributed by atoms with Crippen LogP contribution in [0.5, 0.6) is 0 Å². The maximum absolute atomic E-state index is 13.2. The second-order valence-electron chi connectivity index (χ2n) is 12.5. The van der Waals surface area contributed by atoms with Crippen LogP contribution in [0.1, 0.15) is 86.1 Å². The highest BCUT2D eigenvalue weighted by atomic mass is 28.4. The fourth-order valence-electron chi connectivity index (χ4n) is 7.91. The van der Waals surface area contributed by atoms with Crippen molar-refractivity contribution in [3.05, 3.63) is 48.0 Å². The zero-order valence-electron chi connectivity index (χ0n) is 24.2. The van der Waals surface area contributed by atoms with Gasteiger partial charge in [0.1, 0.15) is 12.4 Å². The molecule has 2 aliphatic rings. The average Bonchev–Trinajstić information content (AvgIpc) is 2.85. The third-order valence-corrected chi connectivity index (χ3v) is 15.5. The minimum atomic E-state index is -2.02. The quantitative estimate of drug-likeness (QED) is 0.166. The lowest BCUT2D eigenvalue weighted by molar-refractivity contribution is -0.139. The highest BCUT2D eigenvalue weighted by Gasteiger charge is 2.49. The van der Waals surface area contributed by atoms with Gasteiger partial charge in [0.2, 0.25) is 0 Å². The Labute approximate surface area is 226 Å². The first-order valence-corrected chi connectivity index (χ1v) is 16.7. The molecule has 4 nitrogen and oxygen atoms in total. The highest BCUT2D eigenvalue weighted by Crippen LogP contribution is 2.51. The molecule has 0 aliphatic heterocycles. The van der Waals surface area contributed by atoms with E-state index in [0.29, 0.717) is 35.1 Å². The van der Waals surface area contributed by atoms with E-state index in [4.69, 9.17) is 9.16 Å². The molecule has 206 valence electrons. The Morgan fingerprint density at radius 1 is 0.973 bits per heavy atom. The molecule has 2 fully saturated rings. The van der Waals surface area contributed by atoms with Gasteiger partial charge in [0, 0.05) is 18.6 Å². The standard InChI is InChI=1S/C32H50O4Si/c1-22(2)37(23(3)4,24(5)6)36-21-28-19-27-15-11-12-16-29(27)30(32(28)25(7)33)17-18-31(34)35-20-26-13-9-8-10-14-26/h8-10,13-14,17-18,22-24,27-30,32H,11-12,15-16,19-21H2,1-7H3/b18-17+/t27-,28-,29+,30-,32+/m0/s1. The topological polar surface area (TPSA) is 52.6 Å². The number of fused-ring (bicyclic) bond motifs is 1. The van der Waals surface area contributed by atoms with E-state index in [1.54, 1.807) is 13.0 Å². The number of ether oxygens (including phenoxy) is 1. The van der Waals surface area contributed by atoms with Crippen LogP contribution >= 0.6 is 0 Å². The number of ketones is 1. The van der Waals surface area contributed by atoms with E-state index in [-0.39, 0.29) is 36.1 Å². The van der Waals surface area contributed by atoms with Crippen LogP contribution in [0.25, 0.3) is 0 Å². The first kappa shape index (κ1) is 29.8. The molecule has 0 bridgehead atoms. The number of esters is 1. The third kappa shape index (κ3) is 7.03. The molecule has 5 heteroatoms. The van der Waals surface area contributed by atoms with Gasteiger partial charge in [-0.1, -0.05) is 97.2 Å². The van der Waals surface area contributed by atoms with Crippen LogP contribution in [0.4, 0.5) is 0 Å². The van der Waals surface area contributed by atoms with Gasteiger partial charge in [-0.05, 0) is 65.6 Å². The molecule has 0 radical (unpaired) electrons. The molecule has 2 aliphatic carbocycles. The first-order valence-electron chi connectivity index (χ1n) is 14.6. The summed E-state index contributed by atoms with van der Waals surface area (Å²) in [5.41, 5.74) is 2.53. The Morgan fingerprint density at radius 3 is 2.19 bits per heavy atom. The van der Waals surface area contributed by atoms with Crippen LogP contribution in [-0.4, -0.2) is 26.7 Å². The number of Topliss-reactive ketones (excluding diaryl/α,β-unsaturated/α-hetero) is 1. The zero-order chi connectivity index (χ0) is 27.2. The molecule has 37 heavy (non-hydrogen) atoms. The summed E-state index contributed by atoms with van der Waals surface area (Å²) >= 11 is 0. The molecule has 1 aromatic carbocycles. The van der Waals surface area contributed by atoms with Crippen LogP contribution in [0.15, 0.2) is 42.5 Å². The van der Waals surface area contributed by atoms with Crippen molar-refractivity contribution >= 4 is 20.1 Å². The van der Waals surface area contributed by atoms with Crippen molar-refractivity contribution in [1.82, 2.24) is 0 Å². The van der Waals surface area contributed by atoms with Crippen molar-refractivity contribution in [2.24, 2.45) is 29.6 Å². The lowest BCUT2D eigenvalue weighted by Gasteiger charge is -2.49. The van der Waals surface area contributed by atoms with Crippen molar-refractivity contribution in [2.45, 2.75) is 104 Å². The first-order chi connectivity index (χ1) is 17.6. The number of benzene rings is 1. The molecule has 1 aromatic rings. The summed E-state index contributed by atoms with van der Waals surface area (Å²) in [6.07, 6.45) is 9.50. The second kappa shape index (κ2) is 13.4. The molecular weight excluding hydrogens is 476 g/mol. The second-order valence-corrected chi connectivity index (χ2v) is 18.0. The fraction of sp³-hybridized carbons (Fsp3) is 0.688. The van der Waals surface area contributed by atoms with E-state index in [2.05, 4.69) is 41.5 Å². The molecule has 0 aromatic heterocycles. The van der Waals surface area contributed by atoms with Gasteiger partial charge in [0.05, 0.1) is 0 Å². The van der Waals surface area contributed by atoms with E-state index in [1.165, 1.54) is 19.3 Å². The van der Waals surface area contributed by atoms with Gasteiger partial charge in [0.15, 0.2) is 8.32 Å². The molecule has 5 atom stereocenters. The number of allylic oxidation sites excluding steroid dienone is 1. The van der Waals surface area contributed by atoms with Crippen LogP contribution < -0.4 is 0 Å².